The summed E-state index contributed by atoms with van der Waals surface area (Å²) >= 11 is 6.29. The summed E-state index contributed by atoms with van der Waals surface area (Å²) in [6, 6.07) is 9.91. The quantitative estimate of drug-likeness (QED) is 0.203. The zero-order valence-corrected chi connectivity index (χ0v) is 24.2. The van der Waals surface area contributed by atoms with E-state index in [0.29, 0.717) is 52.6 Å². The molecule has 3 aromatic rings. The molecule has 1 saturated carbocycles. The Balaban J connectivity index is 1.56. The van der Waals surface area contributed by atoms with Crippen molar-refractivity contribution in [3.8, 4) is 0 Å². The highest BCUT2D eigenvalue weighted by Crippen LogP contribution is 2.38. The second-order valence-electron chi connectivity index (χ2n) is 10.6. The van der Waals surface area contributed by atoms with Crippen molar-refractivity contribution in [3.63, 3.8) is 0 Å². The fraction of sp³-hybridized carbons (Fsp3) is 0.467. The molecule has 2 aliphatic rings. The van der Waals surface area contributed by atoms with Gasteiger partial charge in [-0.15, -0.1) is 0 Å². The number of halogens is 2. The second-order valence-corrected chi connectivity index (χ2v) is 11.0. The van der Waals surface area contributed by atoms with E-state index in [9.17, 15) is 9.18 Å². The second kappa shape index (κ2) is 11.7. The van der Waals surface area contributed by atoms with Crippen molar-refractivity contribution < 1.29 is 9.13 Å². The molecule has 1 aliphatic carbocycles. The summed E-state index contributed by atoms with van der Waals surface area (Å²) in [6.07, 6.45) is 3.76. The SMILES string of the molecule is C=C(/N=C(\OC)C1CC1)C(c1ccc(F)cc1)N1CC(CC)N(c2nc(=O)n(C)c3ccc(Cl)nc23)C[C@H]1CC. The van der Waals surface area contributed by atoms with Gasteiger partial charge in [-0.05, 0) is 55.5 Å². The Hall–Kier alpha value is -3.30. The number of nitrogens with zero attached hydrogens (tertiary/aromatic N) is 6. The Labute approximate surface area is 239 Å². The van der Waals surface area contributed by atoms with E-state index in [0.717, 1.165) is 31.2 Å². The van der Waals surface area contributed by atoms with Crippen LogP contribution in [-0.4, -0.2) is 57.6 Å². The monoisotopic (exact) mass is 566 g/mol. The molecule has 212 valence electrons. The van der Waals surface area contributed by atoms with Gasteiger partial charge in [-0.3, -0.25) is 9.47 Å². The van der Waals surface area contributed by atoms with Gasteiger partial charge in [0.2, 0.25) is 0 Å². The Morgan fingerprint density at radius 2 is 1.82 bits per heavy atom. The third kappa shape index (κ3) is 5.49. The standard InChI is InChI=1S/C30H36ClFN6O2/c1-6-22-17-38(28-26-24(14-15-25(31)34-26)36(4)30(39)35-28)23(7-2)16-37(22)27(19-10-12-21(32)13-11-19)18(3)33-29(40-5)20-8-9-20/h10-15,20,22-23,27H,3,6-9,16-17H2,1-2,4-5H3/b33-29-/t22-,23?,27?/m1/s1. The van der Waals surface area contributed by atoms with Gasteiger partial charge in [-0.2, -0.15) is 4.98 Å². The van der Waals surface area contributed by atoms with Crippen molar-refractivity contribution in [3.05, 3.63) is 75.7 Å². The minimum absolute atomic E-state index is 0.0245. The number of hydrogen-bond donors (Lipinski definition) is 0. The topological polar surface area (TPSA) is 75.8 Å². The van der Waals surface area contributed by atoms with Gasteiger partial charge in [-0.1, -0.05) is 44.2 Å². The summed E-state index contributed by atoms with van der Waals surface area (Å²) in [6.45, 7) is 9.95. The van der Waals surface area contributed by atoms with Crippen molar-refractivity contribution >= 4 is 34.3 Å². The molecule has 1 saturated heterocycles. The van der Waals surface area contributed by atoms with Crippen molar-refractivity contribution in [2.75, 3.05) is 25.1 Å². The molecule has 2 unspecified atom stereocenters. The lowest BCUT2D eigenvalue weighted by Gasteiger charge is -2.49. The summed E-state index contributed by atoms with van der Waals surface area (Å²) < 4.78 is 21.1. The van der Waals surface area contributed by atoms with Crippen LogP contribution in [0.5, 0.6) is 0 Å². The van der Waals surface area contributed by atoms with Crippen LogP contribution in [0.4, 0.5) is 10.2 Å². The Morgan fingerprint density at radius 1 is 1.12 bits per heavy atom. The predicted octanol–water partition coefficient (Wildman–Crippen LogP) is 5.51. The highest BCUT2D eigenvalue weighted by Gasteiger charge is 2.39. The summed E-state index contributed by atoms with van der Waals surface area (Å²) in [5.74, 6) is 1.30. The Morgan fingerprint density at radius 3 is 2.45 bits per heavy atom. The summed E-state index contributed by atoms with van der Waals surface area (Å²) in [5, 5.41) is 0.350. The fourth-order valence-electron chi connectivity index (χ4n) is 5.70. The largest absolute Gasteiger partial charge is 0.484 e. The molecule has 0 radical (unpaired) electrons. The van der Waals surface area contributed by atoms with Crippen LogP contribution in [0.1, 0.15) is 51.1 Å². The molecular formula is C30H36ClFN6O2. The van der Waals surface area contributed by atoms with Crippen LogP contribution in [0.25, 0.3) is 11.0 Å². The minimum atomic E-state index is -0.337. The third-order valence-corrected chi connectivity index (χ3v) is 8.29. The van der Waals surface area contributed by atoms with E-state index in [-0.39, 0.29) is 29.6 Å². The zero-order valence-electron chi connectivity index (χ0n) is 23.5. The lowest BCUT2D eigenvalue weighted by atomic mass is 9.94. The van der Waals surface area contributed by atoms with Crippen LogP contribution >= 0.6 is 11.6 Å². The molecule has 2 fully saturated rings. The molecule has 0 N–H and O–H groups in total. The third-order valence-electron chi connectivity index (χ3n) is 8.08. The molecule has 10 heteroatoms. The van der Waals surface area contributed by atoms with E-state index in [4.69, 9.17) is 21.3 Å². The van der Waals surface area contributed by atoms with E-state index in [1.807, 2.05) is 18.2 Å². The van der Waals surface area contributed by atoms with Crippen LogP contribution < -0.4 is 10.6 Å². The van der Waals surface area contributed by atoms with Gasteiger partial charge < -0.3 is 9.64 Å². The molecular weight excluding hydrogens is 531 g/mol. The molecule has 1 aliphatic heterocycles. The van der Waals surface area contributed by atoms with Crippen LogP contribution in [0.15, 0.2) is 58.5 Å². The maximum atomic E-state index is 13.9. The lowest BCUT2D eigenvalue weighted by molar-refractivity contribution is 0.108. The van der Waals surface area contributed by atoms with Gasteiger partial charge in [0.15, 0.2) is 11.7 Å². The number of ether oxygens (including phenoxy) is 1. The van der Waals surface area contributed by atoms with Crippen LogP contribution in [0.3, 0.4) is 0 Å². The van der Waals surface area contributed by atoms with E-state index in [1.54, 1.807) is 20.2 Å². The number of aliphatic imine (C=N–C) groups is 1. The number of hydrogen-bond acceptors (Lipinski definition) is 7. The van der Waals surface area contributed by atoms with E-state index in [1.165, 1.54) is 16.7 Å². The van der Waals surface area contributed by atoms with Crippen LogP contribution in [-0.2, 0) is 11.8 Å². The first-order chi connectivity index (χ1) is 19.2. The van der Waals surface area contributed by atoms with E-state index in [2.05, 4.69) is 40.2 Å². The van der Waals surface area contributed by atoms with Crippen molar-refractivity contribution in [2.24, 2.45) is 18.0 Å². The molecule has 3 atom stereocenters. The van der Waals surface area contributed by atoms with E-state index >= 15 is 0 Å². The zero-order chi connectivity index (χ0) is 28.6. The number of methoxy groups -OCH3 is 1. The number of rotatable bonds is 8. The summed E-state index contributed by atoms with van der Waals surface area (Å²) in [4.78, 5) is 31.4. The van der Waals surface area contributed by atoms with Gasteiger partial charge in [0.05, 0.1) is 24.4 Å². The first-order valence-corrected chi connectivity index (χ1v) is 14.3. The molecule has 2 aromatic heterocycles. The molecule has 40 heavy (non-hydrogen) atoms. The highest BCUT2D eigenvalue weighted by atomic mass is 35.5. The molecule has 8 nitrogen and oxygen atoms in total. The van der Waals surface area contributed by atoms with Gasteiger partial charge in [0.1, 0.15) is 16.5 Å². The van der Waals surface area contributed by atoms with Gasteiger partial charge in [0.25, 0.3) is 0 Å². The lowest BCUT2D eigenvalue weighted by Crippen LogP contribution is -2.59. The molecule has 1 aromatic carbocycles. The Kier molecular flexibility index (Phi) is 8.24. The van der Waals surface area contributed by atoms with E-state index < -0.39 is 0 Å². The maximum absolute atomic E-state index is 13.9. The average Bonchev–Trinajstić information content (AvgIpc) is 3.80. The number of pyridine rings is 1. The number of aryl methyl sites for hydroxylation is 1. The predicted molar refractivity (Wildman–Crippen MR) is 157 cm³/mol. The number of anilines is 1. The highest BCUT2D eigenvalue weighted by molar-refractivity contribution is 6.29. The normalized spacial score (nSPS) is 21.1. The summed E-state index contributed by atoms with van der Waals surface area (Å²) in [5.41, 5.74) is 2.55. The number of benzene rings is 1. The molecule has 0 bridgehead atoms. The van der Waals surface area contributed by atoms with Crippen LogP contribution in [0, 0.1) is 11.7 Å². The number of fused-ring (bicyclic) bond motifs is 1. The van der Waals surface area contributed by atoms with Crippen LogP contribution in [0.2, 0.25) is 5.15 Å². The maximum Gasteiger partial charge on any atom is 0.349 e. The molecule has 3 heterocycles. The van der Waals surface area contributed by atoms with Crippen molar-refractivity contribution in [1.82, 2.24) is 19.4 Å². The molecule has 0 spiro atoms. The van der Waals surface area contributed by atoms with Gasteiger partial charge in [0, 0.05) is 38.1 Å². The molecule has 5 rings (SSSR count). The minimum Gasteiger partial charge on any atom is -0.484 e. The average molecular weight is 567 g/mol. The number of aromatic nitrogens is 3. The molecule has 0 amide bonds. The first kappa shape index (κ1) is 28.2. The number of piperazine rings is 1. The smallest absolute Gasteiger partial charge is 0.349 e. The van der Waals surface area contributed by atoms with Gasteiger partial charge >= 0.3 is 5.69 Å². The Bertz CT molecular complexity index is 1490. The van der Waals surface area contributed by atoms with Crippen molar-refractivity contribution in [2.45, 2.75) is 57.7 Å². The summed E-state index contributed by atoms with van der Waals surface area (Å²) in [7, 11) is 3.34. The van der Waals surface area contributed by atoms with Gasteiger partial charge in [-0.25, -0.2) is 19.2 Å². The van der Waals surface area contributed by atoms with Crippen molar-refractivity contribution in [1.29, 1.82) is 0 Å². The first-order valence-electron chi connectivity index (χ1n) is 13.9. The fourth-order valence-corrected chi connectivity index (χ4v) is 5.85.